The molecule has 2 nitrogen and oxygen atoms in total. The van der Waals surface area contributed by atoms with Crippen LogP contribution in [0, 0.1) is 0 Å². The molecule has 0 bridgehead atoms. The van der Waals surface area contributed by atoms with E-state index in [9.17, 15) is 0 Å². The average Bonchev–Trinajstić information content (AvgIpc) is 3.07. The van der Waals surface area contributed by atoms with Crippen LogP contribution >= 0.6 is 0 Å². The highest BCUT2D eigenvalue weighted by Gasteiger charge is 2.13. The Kier molecular flexibility index (Phi) is 19.9. The number of ether oxygens (including phenoxy) is 2. The van der Waals surface area contributed by atoms with E-state index in [2.05, 4.69) is 20.8 Å². The van der Waals surface area contributed by atoms with Crippen molar-refractivity contribution in [1.82, 2.24) is 0 Å². The Morgan fingerprint density at radius 1 is 0.652 bits per heavy atom. The van der Waals surface area contributed by atoms with E-state index in [1.165, 1.54) is 89.9 Å². The molecule has 0 aromatic heterocycles. The van der Waals surface area contributed by atoms with E-state index in [-0.39, 0.29) is 0 Å². The quantitative estimate of drug-likeness (QED) is 0.322. The van der Waals surface area contributed by atoms with Gasteiger partial charge in [0, 0.05) is 19.8 Å². The zero-order chi connectivity index (χ0) is 17.0. The largest absolute Gasteiger partial charge is 0.381 e. The molecule has 140 valence electrons. The Hall–Kier alpha value is -0.0800. The molecule has 1 saturated carbocycles. The maximum atomic E-state index is 5.59. The van der Waals surface area contributed by atoms with E-state index in [4.69, 9.17) is 9.47 Å². The first-order chi connectivity index (χ1) is 11.3. The second-order valence-electron chi connectivity index (χ2n) is 6.80. The van der Waals surface area contributed by atoms with Gasteiger partial charge >= 0.3 is 0 Å². The van der Waals surface area contributed by atoms with Crippen LogP contribution in [0.2, 0.25) is 0 Å². The molecular formula is C21H44O2. The highest BCUT2D eigenvalue weighted by molar-refractivity contribution is 4.65. The fourth-order valence-corrected chi connectivity index (χ4v) is 3.01. The number of rotatable bonds is 14. The van der Waals surface area contributed by atoms with Gasteiger partial charge in [-0.05, 0) is 32.6 Å². The minimum absolute atomic E-state index is 0.611. The molecule has 0 heterocycles. The summed E-state index contributed by atoms with van der Waals surface area (Å²) < 4.78 is 11.0. The number of hydrogen-bond donors (Lipinski definition) is 0. The molecule has 0 unspecified atom stereocenters. The van der Waals surface area contributed by atoms with E-state index < -0.39 is 0 Å². The van der Waals surface area contributed by atoms with Crippen molar-refractivity contribution in [3.8, 4) is 0 Å². The van der Waals surface area contributed by atoms with Crippen LogP contribution in [0.3, 0.4) is 0 Å². The Morgan fingerprint density at radius 3 is 1.57 bits per heavy atom. The molecule has 0 N–H and O–H groups in total. The molecule has 1 aliphatic carbocycles. The lowest BCUT2D eigenvalue weighted by Crippen LogP contribution is -2.05. The first-order valence-electron chi connectivity index (χ1n) is 10.5. The van der Waals surface area contributed by atoms with Gasteiger partial charge in [-0.1, -0.05) is 78.1 Å². The summed E-state index contributed by atoms with van der Waals surface area (Å²) in [5.41, 5.74) is 0. The van der Waals surface area contributed by atoms with Crippen LogP contribution in [0.4, 0.5) is 0 Å². The Morgan fingerprint density at radius 2 is 1.13 bits per heavy atom. The molecule has 1 rings (SSSR count). The van der Waals surface area contributed by atoms with Crippen molar-refractivity contribution in [1.29, 1.82) is 0 Å². The summed E-state index contributed by atoms with van der Waals surface area (Å²) in [4.78, 5) is 0. The lowest BCUT2D eigenvalue weighted by atomic mass is 10.1. The molecule has 0 aromatic rings. The summed E-state index contributed by atoms with van der Waals surface area (Å²) in [5, 5.41) is 0. The maximum Gasteiger partial charge on any atom is 0.0575 e. The van der Waals surface area contributed by atoms with E-state index in [0.29, 0.717) is 6.10 Å². The van der Waals surface area contributed by atoms with Gasteiger partial charge in [0.25, 0.3) is 0 Å². The molecule has 0 aliphatic heterocycles. The van der Waals surface area contributed by atoms with Crippen LogP contribution in [0.5, 0.6) is 0 Å². The zero-order valence-corrected chi connectivity index (χ0v) is 16.4. The fraction of sp³-hybridized carbons (Fsp3) is 1.00. The van der Waals surface area contributed by atoms with Crippen molar-refractivity contribution in [3.05, 3.63) is 0 Å². The molecule has 2 heteroatoms. The molecule has 1 aliphatic rings. The Labute approximate surface area is 146 Å². The van der Waals surface area contributed by atoms with Crippen molar-refractivity contribution in [2.45, 2.75) is 117 Å². The van der Waals surface area contributed by atoms with Gasteiger partial charge in [-0.15, -0.1) is 0 Å². The molecule has 1 fully saturated rings. The summed E-state index contributed by atoms with van der Waals surface area (Å²) >= 11 is 0. The molecule has 0 aromatic carbocycles. The minimum atomic E-state index is 0.611. The van der Waals surface area contributed by atoms with Gasteiger partial charge in [0.15, 0.2) is 0 Å². The van der Waals surface area contributed by atoms with Crippen LogP contribution in [0.25, 0.3) is 0 Å². The smallest absolute Gasteiger partial charge is 0.0575 e. The van der Waals surface area contributed by atoms with Crippen LogP contribution in [-0.4, -0.2) is 25.9 Å². The van der Waals surface area contributed by atoms with Crippen molar-refractivity contribution in [2.24, 2.45) is 0 Å². The molecule has 0 amide bonds. The number of hydrogen-bond acceptors (Lipinski definition) is 2. The van der Waals surface area contributed by atoms with Gasteiger partial charge in [0.05, 0.1) is 6.10 Å². The van der Waals surface area contributed by atoms with E-state index >= 15 is 0 Å². The molecular weight excluding hydrogens is 284 g/mol. The third-order valence-corrected chi connectivity index (χ3v) is 4.49. The van der Waals surface area contributed by atoms with Crippen molar-refractivity contribution >= 4 is 0 Å². The predicted octanol–water partition coefficient (Wildman–Crippen LogP) is 6.91. The summed E-state index contributed by atoms with van der Waals surface area (Å²) in [7, 11) is 0. The average molecular weight is 329 g/mol. The highest BCUT2D eigenvalue weighted by Crippen LogP contribution is 2.20. The number of unbranched alkanes of at least 4 members (excludes halogenated alkanes) is 8. The van der Waals surface area contributed by atoms with Crippen molar-refractivity contribution in [3.63, 3.8) is 0 Å². The first kappa shape index (κ1) is 22.9. The molecule has 0 saturated heterocycles. The minimum Gasteiger partial charge on any atom is -0.381 e. The first-order valence-corrected chi connectivity index (χ1v) is 10.5. The lowest BCUT2D eigenvalue weighted by Gasteiger charge is -2.06. The SMILES string of the molecule is CCCCCCCOCCCCCCC.CCOC1CCCC1. The lowest BCUT2D eigenvalue weighted by molar-refractivity contribution is 0.0685. The van der Waals surface area contributed by atoms with Gasteiger partial charge in [0.1, 0.15) is 0 Å². The molecule has 0 spiro atoms. The summed E-state index contributed by atoms with van der Waals surface area (Å²) in [6, 6.07) is 0. The Bertz CT molecular complexity index is 188. The van der Waals surface area contributed by atoms with Gasteiger partial charge in [-0.2, -0.15) is 0 Å². The Balaban J connectivity index is 0.000000502. The van der Waals surface area contributed by atoms with Crippen molar-refractivity contribution < 1.29 is 9.47 Å². The van der Waals surface area contributed by atoms with E-state index in [1.807, 2.05) is 0 Å². The van der Waals surface area contributed by atoms with Gasteiger partial charge in [0.2, 0.25) is 0 Å². The van der Waals surface area contributed by atoms with Crippen LogP contribution < -0.4 is 0 Å². The molecule has 0 atom stereocenters. The standard InChI is InChI=1S/C14H30O.C7H14O/c1-3-5-7-9-11-13-15-14-12-10-8-6-4-2;1-2-8-7-5-3-4-6-7/h3-14H2,1-2H3;7H,2-6H2,1H3. The molecule has 23 heavy (non-hydrogen) atoms. The zero-order valence-electron chi connectivity index (χ0n) is 16.4. The third kappa shape index (κ3) is 18.1. The van der Waals surface area contributed by atoms with Crippen LogP contribution in [0.15, 0.2) is 0 Å². The highest BCUT2D eigenvalue weighted by atomic mass is 16.5. The van der Waals surface area contributed by atoms with E-state index in [0.717, 1.165) is 19.8 Å². The maximum absolute atomic E-state index is 5.59. The second kappa shape index (κ2) is 20.0. The normalized spacial score (nSPS) is 14.7. The van der Waals surface area contributed by atoms with Crippen LogP contribution in [-0.2, 0) is 9.47 Å². The van der Waals surface area contributed by atoms with Gasteiger partial charge in [-0.3, -0.25) is 0 Å². The summed E-state index contributed by atoms with van der Waals surface area (Å²) in [6.45, 7) is 9.44. The van der Waals surface area contributed by atoms with E-state index in [1.54, 1.807) is 0 Å². The van der Waals surface area contributed by atoms with Crippen LogP contribution in [0.1, 0.15) is 111 Å². The monoisotopic (exact) mass is 328 g/mol. The summed E-state index contributed by atoms with van der Waals surface area (Å²) in [5.74, 6) is 0. The molecule has 0 radical (unpaired) electrons. The second-order valence-corrected chi connectivity index (χ2v) is 6.80. The fourth-order valence-electron chi connectivity index (χ4n) is 3.01. The van der Waals surface area contributed by atoms with Gasteiger partial charge in [-0.25, -0.2) is 0 Å². The topological polar surface area (TPSA) is 18.5 Å². The van der Waals surface area contributed by atoms with Gasteiger partial charge < -0.3 is 9.47 Å². The predicted molar refractivity (Wildman–Crippen MR) is 102 cm³/mol. The summed E-state index contributed by atoms with van der Waals surface area (Å²) in [6.07, 6.45) is 19.4. The van der Waals surface area contributed by atoms with Crippen molar-refractivity contribution in [2.75, 3.05) is 19.8 Å². The third-order valence-electron chi connectivity index (χ3n) is 4.49.